The molecule has 0 spiro atoms. The van der Waals surface area contributed by atoms with Gasteiger partial charge >= 0.3 is 11.7 Å². The lowest BCUT2D eigenvalue weighted by Crippen LogP contribution is -2.62. The van der Waals surface area contributed by atoms with Crippen LogP contribution in [0, 0.1) is 28.6 Å². The molecule has 6 rings (SSSR count). The van der Waals surface area contributed by atoms with Crippen LogP contribution in [0.1, 0.15) is 83.1 Å². The summed E-state index contributed by atoms with van der Waals surface area (Å²) in [5, 5.41) is 15.8. The van der Waals surface area contributed by atoms with Crippen molar-refractivity contribution in [3.05, 3.63) is 34.4 Å². The molecule has 7 heteroatoms. The molecule has 2 N–H and O–H groups in total. The second kappa shape index (κ2) is 9.11. The number of rotatable bonds is 2. The Bertz CT molecular complexity index is 1060. The first-order chi connectivity index (χ1) is 17.7. The van der Waals surface area contributed by atoms with Crippen molar-refractivity contribution in [2.24, 2.45) is 28.6 Å². The average Bonchev–Trinajstić information content (AvgIpc) is 3.19. The van der Waals surface area contributed by atoms with Gasteiger partial charge in [0.15, 0.2) is 0 Å². The smallest absolute Gasteiger partial charge is 0.335 e. The van der Waals surface area contributed by atoms with Crippen LogP contribution >= 0.6 is 0 Å². The zero-order chi connectivity index (χ0) is 26.0. The van der Waals surface area contributed by atoms with Gasteiger partial charge in [-0.05, 0) is 98.5 Å². The van der Waals surface area contributed by atoms with Crippen molar-refractivity contribution in [1.82, 2.24) is 15.1 Å². The number of hydrogen-bond donors (Lipinski definition) is 2. The van der Waals surface area contributed by atoms with Crippen LogP contribution in [0.25, 0.3) is 0 Å². The number of amides is 2. The normalized spacial score (nSPS) is 43.5. The first-order valence-corrected chi connectivity index (χ1v) is 14.7. The lowest BCUT2D eigenvalue weighted by molar-refractivity contribution is -0.203. The Labute approximate surface area is 221 Å². The van der Waals surface area contributed by atoms with Crippen LogP contribution in [-0.4, -0.2) is 65.8 Å². The molecule has 7 nitrogen and oxygen atoms in total. The lowest BCUT2D eigenvalue weighted by Gasteiger charge is -2.64. The highest BCUT2D eigenvalue weighted by molar-refractivity contribution is 5.74. The molecule has 0 radical (unpaired) electrons. The summed E-state index contributed by atoms with van der Waals surface area (Å²) in [6.07, 6.45) is 11.1. The van der Waals surface area contributed by atoms with E-state index in [0.29, 0.717) is 23.8 Å². The Morgan fingerprint density at radius 3 is 2.57 bits per heavy atom. The third-order valence-corrected chi connectivity index (χ3v) is 12.2. The zero-order valence-electron chi connectivity index (χ0n) is 22.9. The van der Waals surface area contributed by atoms with Crippen molar-refractivity contribution in [3.8, 4) is 0 Å². The molecule has 37 heavy (non-hydrogen) atoms. The van der Waals surface area contributed by atoms with Crippen LogP contribution in [0.2, 0.25) is 0 Å². The molecule has 0 bridgehead atoms. The maximum atomic E-state index is 13.2. The summed E-state index contributed by atoms with van der Waals surface area (Å²) >= 11 is 0. The van der Waals surface area contributed by atoms with Crippen molar-refractivity contribution in [1.29, 1.82) is 0 Å². The third-order valence-electron chi connectivity index (χ3n) is 12.2. The van der Waals surface area contributed by atoms with Crippen molar-refractivity contribution < 1.29 is 14.3 Å². The number of aliphatic hydroxyl groups is 1. The van der Waals surface area contributed by atoms with Gasteiger partial charge in [-0.3, -0.25) is 0 Å². The molecule has 0 aromatic carbocycles. The number of fused-ring (bicyclic) bond motifs is 5. The standard InChI is InChI=1S/C30H45N3O4/c1-28-11-8-22(32(3)27(35)33-16-14-31-15-17-33)18-21(28)5-6-25-24(28)9-12-29(2)23(10-13-30(25,29)36)20-4-7-26(34)37-19-20/h4,7,19,21-25,31,36H,5-6,8-18H2,1-3H3/t21-,22+,23-,24+,25-,28+,29-,30+/m1/s1. The minimum absolute atomic E-state index is 0.190. The number of nitrogens with zero attached hydrogens (tertiary/aromatic N) is 2. The molecule has 5 fully saturated rings. The highest BCUT2D eigenvalue weighted by atomic mass is 16.4. The van der Waals surface area contributed by atoms with Crippen LogP contribution < -0.4 is 10.9 Å². The van der Waals surface area contributed by atoms with Gasteiger partial charge in [-0.15, -0.1) is 0 Å². The SMILES string of the molecule is CN(C(=O)N1CCNCC1)[C@H]1CC[C@@]2(C)[C@H](CC[C@@H]3[C@@H]2CC[C@]2(C)[C@@H](c4ccc(=O)oc4)CC[C@]32O)C1. The zero-order valence-corrected chi connectivity index (χ0v) is 22.9. The molecule has 4 aliphatic carbocycles. The van der Waals surface area contributed by atoms with E-state index in [1.54, 1.807) is 6.26 Å². The number of nitrogens with one attached hydrogen (secondary N) is 1. The van der Waals surface area contributed by atoms with E-state index in [0.717, 1.165) is 89.5 Å². The van der Waals surface area contributed by atoms with Gasteiger partial charge < -0.3 is 24.6 Å². The van der Waals surface area contributed by atoms with Gasteiger partial charge in [0.25, 0.3) is 0 Å². The number of piperazine rings is 1. The fraction of sp³-hybridized carbons (Fsp3) is 0.800. The van der Waals surface area contributed by atoms with E-state index >= 15 is 0 Å². The van der Waals surface area contributed by atoms with Crippen LogP contribution in [0.3, 0.4) is 0 Å². The van der Waals surface area contributed by atoms with Crippen LogP contribution in [-0.2, 0) is 0 Å². The molecule has 4 saturated carbocycles. The fourth-order valence-corrected chi connectivity index (χ4v) is 9.89. The maximum Gasteiger partial charge on any atom is 0.335 e. The van der Waals surface area contributed by atoms with Gasteiger partial charge in [-0.2, -0.15) is 0 Å². The monoisotopic (exact) mass is 511 g/mol. The summed E-state index contributed by atoms with van der Waals surface area (Å²) in [5.41, 5.74) is 0.121. The molecule has 2 heterocycles. The molecule has 2 amide bonds. The molecule has 5 aliphatic rings. The maximum absolute atomic E-state index is 13.2. The van der Waals surface area contributed by atoms with Gasteiger partial charge in [0, 0.05) is 50.7 Å². The van der Waals surface area contributed by atoms with Gasteiger partial charge in [-0.25, -0.2) is 9.59 Å². The van der Waals surface area contributed by atoms with E-state index in [2.05, 4.69) is 19.2 Å². The fourth-order valence-electron chi connectivity index (χ4n) is 9.89. The van der Waals surface area contributed by atoms with Crippen LogP contribution in [0.5, 0.6) is 0 Å². The minimum atomic E-state index is -0.670. The summed E-state index contributed by atoms with van der Waals surface area (Å²) in [4.78, 5) is 28.8. The van der Waals surface area contributed by atoms with E-state index in [1.807, 2.05) is 22.9 Å². The molecule has 204 valence electrons. The molecule has 8 atom stereocenters. The number of carbonyl (C=O) groups excluding carboxylic acids is 1. The number of urea groups is 1. The average molecular weight is 512 g/mol. The molecule has 1 aromatic heterocycles. The highest BCUT2D eigenvalue weighted by Crippen LogP contribution is 2.70. The van der Waals surface area contributed by atoms with E-state index in [1.165, 1.54) is 6.07 Å². The van der Waals surface area contributed by atoms with Gasteiger partial charge in [0.2, 0.25) is 0 Å². The Balaban J connectivity index is 1.19. The van der Waals surface area contributed by atoms with Crippen molar-refractivity contribution >= 4 is 6.03 Å². The van der Waals surface area contributed by atoms with E-state index in [9.17, 15) is 14.7 Å². The summed E-state index contributed by atoms with van der Waals surface area (Å²) in [6.45, 7) is 8.18. The minimum Gasteiger partial charge on any atom is -0.431 e. The topological polar surface area (TPSA) is 86.0 Å². The van der Waals surface area contributed by atoms with E-state index in [4.69, 9.17) is 4.42 Å². The third kappa shape index (κ3) is 3.82. The Hall–Kier alpha value is -1.86. The van der Waals surface area contributed by atoms with Gasteiger partial charge in [-0.1, -0.05) is 13.8 Å². The van der Waals surface area contributed by atoms with Gasteiger partial charge in [0.1, 0.15) is 0 Å². The van der Waals surface area contributed by atoms with Crippen molar-refractivity contribution in [3.63, 3.8) is 0 Å². The molecule has 1 aromatic rings. The van der Waals surface area contributed by atoms with E-state index in [-0.39, 0.29) is 28.4 Å². The second-order valence-corrected chi connectivity index (χ2v) is 13.4. The summed E-state index contributed by atoms with van der Waals surface area (Å²) in [5.74, 6) is 1.70. The molecule has 1 saturated heterocycles. The summed E-state index contributed by atoms with van der Waals surface area (Å²) < 4.78 is 5.24. The molecular weight excluding hydrogens is 466 g/mol. The van der Waals surface area contributed by atoms with Crippen LogP contribution in [0.15, 0.2) is 27.6 Å². The molecule has 0 unspecified atom stereocenters. The number of carbonyl (C=O) groups is 1. The largest absolute Gasteiger partial charge is 0.431 e. The second-order valence-electron chi connectivity index (χ2n) is 13.4. The Kier molecular flexibility index (Phi) is 6.26. The van der Waals surface area contributed by atoms with Crippen molar-refractivity contribution in [2.45, 2.75) is 89.2 Å². The Morgan fingerprint density at radius 2 is 1.84 bits per heavy atom. The predicted octanol–water partition coefficient (Wildman–Crippen LogP) is 4.21. The summed E-state index contributed by atoms with van der Waals surface area (Å²) in [7, 11) is 2.02. The lowest BCUT2D eigenvalue weighted by atomic mass is 9.43. The summed E-state index contributed by atoms with van der Waals surface area (Å²) in [6, 6.07) is 3.95. The molecule has 1 aliphatic heterocycles. The van der Waals surface area contributed by atoms with Crippen molar-refractivity contribution in [2.75, 3.05) is 33.2 Å². The Morgan fingerprint density at radius 1 is 1.05 bits per heavy atom. The first-order valence-electron chi connectivity index (χ1n) is 14.7. The predicted molar refractivity (Wildman–Crippen MR) is 142 cm³/mol. The molecular formula is C30H45N3O4. The number of hydrogen-bond acceptors (Lipinski definition) is 5. The first kappa shape index (κ1) is 25.4. The highest BCUT2D eigenvalue weighted by Gasteiger charge is 2.67. The quantitative estimate of drug-likeness (QED) is 0.621. The van der Waals surface area contributed by atoms with Crippen LogP contribution in [0.4, 0.5) is 4.79 Å². The van der Waals surface area contributed by atoms with Gasteiger partial charge in [0.05, 0.1) is 11.9 Å². The van der Waals surface area contributed by atoms with E-state index < -0.39 is 5.60 Å².